The van der Waals surface area contributed by atoms with Gasteiger partial charge in [-0.15, -0.1) is 10.2 Å². The van der Waals surface area contributed by atoms with Crippen molar-refractivity contribution in [2.24, 2.45) is 7.05 Å². The van der Waals surface area contributed by atoms with Gasteiger partial charge in [0.25, 0.3) is 0 Å². The van der Waals surface area contributed by atoms with Gasteiger partial charge in [0.05, 0.1) is 7.05 Å². The molecule has 108 valence electrons. The van der Waals surface area contributed by atoms with Crippen LogP contribution in [-0.4, -0.2) is 32.8 Å². The third kappa shape index (κ3) is 3.80. The predicted molar refractivity (Wildman–Crippen MR) is 70.0 cm³/mol. The average Bonchev–Trinajstić information content (AvgIpc) is 2.78. The Kier molecular flexibility index (Phi) is 4.73. The molecule has 1 atom stereocenters. The number of benzene rings is 1. The SMILES string of the molecule is CCNC(Cc1nnn(C)n1)Cc1ccc(F)cc1F. The van der Waals surface area contributed by atoms with E-state index in [1.165, 1.54) is 16.9 Å². The maximum absolute atomic E-state index is 13.7. The maximum Gasteiger partial charge on any atom is 0.176 e. The van der Waals surface area contributed by atoms with E-state index in [0.29, 0.717) is 24.2 Å². The molecule has 1 aromatic carbocycles. The standard InChI is InChI=1S/C13H17F2N5/c1-3-16-11(8-13-17-19-20(2)18-13)6-9-4-5-10(14)7-12(9)15/h4-5,7,11,16H,3,6,8H2,1-2H3. The van der Waals surface area contributed by atoms with Crippen LogP contribution in [0, 0.1) is 11.6 Å². The first-order valence-corrected chi connectivity index (χ1v) is 6.48. The topological polar surface area (TPSA) is 55.6 Å². The van der Waals surface area contributed by atoms with Crippen molar-refractivity contribution in [1.82, 2.24) is 25.5 Å². The number of halogens is 2. The van der Waals surface area contributed by atoms with E-state index in [2.05, 4.69) is 20.7 Å². The molecular formula is C13H17F2N5. The molecule has 20 heavy (non-hydrogen) atoms. The maximum atomic E-state index is 13.7. The molecule has 0 fully saturated rings. The van der Waals surface area contributed by atoms with Crippen molar-refractivity contribution in [1.29, 1.82) is 0 Å². The molecule has 2 rings (SSSR count). The Balaban J connectivity index is 2.08. The molecule has 2 aromatic rings. The van der Waals surface area contributed by atoms with E-state index in [1.807, 2.05) is 6.92 Å². The van der Waals surface area contributed by atoms with Crippen molar-refractivity contribution in [2.75, 3.05) is 6.54 Å². The predicted octanol–water partition coefficient (Wildman–Crippen LogP) is 1.25. The summed E-state index contributed by atoms with van der Waals surface area (Å²) in [6, 6.07) is 3.61. The van der Waals surface area contributed by atoms with Gasteiger partial charge in [0.15, 0.2) is 5.82 Å². The molecule has 0 aliphatic heterocycles. The van der Waals surface area contributed by atoms with Crippen molar-refractivity contribution in [3.8, 4) is 0 Å². The van der Waals surface area contributed by atoms with Crippen LogP contribution in [0.5, 0.6) is 0 Å². The molecule has 5 nitrogen and oxygen atoms in total. The highest BCUT2D eigenvalue weighted by molar-refractivity contribution is 5.19. The summed E-state index contributed by atoms with van der Waals surface area (Å²) < 4.78 is 26.6. The van der Waals surface area contributed by atoms with E-state index in [9.17, 15) is 8.78 Å². The molecule has 0 saturated carbocycles. The van der Waals surface area contributed by atoms with Gasteiger partial charge in [-0.3, -0.25) is 0 Å². The lowest BCUT2D eigenvalue weighted by Crippen LogP contribution is -2.33. The van der Waals surface area contributed by atoms with Gasteiger partial charge >= 0.3 is 0 Å². The summed E-state index contributed by atoms with van der Waals surface area (Å²) in [5.41, 5.74) is 0.473. The van der Waals surface area contributed by atoms with Crippen LogP contribution in [0.25, 0.3) is 0 Å². The van der Waals surface area contributed by atoms with Gasteiger partial charge in [-0.1, -0.05) is 13.0 Å². The van der Waals surface area contributed by atoms with E-state index >= 15 is 0 Å². The number of tetrazole rings is 1. The van der Waals surface area contributed by atoms with Crippen molar-refractivity contribution >= 4 is 0 Å². The number of aromatic nitrogens is 4. The van der Waals surface area contributed by atoms with Gasteiger partial charge in [0.2, 0.25) is 0 Å². The Bertz CT molecular complexity index is 570. The summed E-state index contributed by atoms with van der Waals surface area (Å²) >= 11 is 0. The van der Waals surface area contributed by atoms with Crippen LogP contribution >= 0.6 is 0 Å². The summed E-state index contributed by atoms with van der Waals surface area (Å²) in [5, 5.41) is 15.1. The van der Waals surface area contributed by atoms with Crippen molar-refractivity contribution in [2.45, 2.75) is 25.8 Å². The Labute approximate surface area is 116 Å². The Morgan fingerprint density at radius 1 is 1.30 bits per heavy atom. The number of hydrogen-bond acceptors (Lipinski definition) is 4. The fourth-order valence-corrected chi connectivity index (χ4v) is 2.08. The number of nitrogens with one attached hydrogen (secondary N) is 1. The van der Waals surface area contributed by atoms with Gasteiger partial charge < -0.3 is 5.32 Å². The fraction of sp³-hybridized carbons (Fsp3) is 0.462. The minimum Gasteiger partial charge on any atom is -0.313 e. The highest BCUT2D eigenvalue weighted by atomic mass is 19.1. The molecule has 0 spiro atoms. The molecule has 0 radical (unpaired) electrons. The van der Waals surface area contributed by atoms with Crippen LogP contribution in [0.1, 0.15) is 18.3 Å². The fourth-order valence-electron chi connectivity index (χ4n) is 2.08. The van der Waals surface area contributed by atoms with Gasteiger partial charge in [-0.25, -0.2) is 8.78 Å². The number of hydrogen-bond donors (Lipinski definition) is 1. The molecular weight excluding hydrogens is 264 g/mol. The van der Waals surface area contributed by atoms with E-state index in [0.717, 1.165) is 12.6 Å². The van der Waals surface area contributed by atoms with Gasteiger partial charge in [0, 0.05) is 18.5 Å². The molecule has 1 aromatic heterocycles. The van der Waals surface area contributed by atoms with Crippen LogP contribution < -0.4 is 5.32 Å². The van der Waals surface area contributed by atoms with Crippen molar-refractivity contribution < 1.29 is 8.78 Å². The van der Waals surface area contributed by atoms with Crippen molar-refractivity contribution in [3.05, 3.63) is 41.2 Å². The van der Waals surface area contributed by atoms with Crippen LogP contribution in [0.3, 0.4) is 0 Å². The number of likely N-dealkylation sites (N-methyl/N-ethyl adjacent to an activating group) is 1. The molecule has 0 amide bonds. The highest BCUT2D eigenvalue weighted by Gasteiger charge is 2.15. The van der Waals surface area contributed by atoms with Crippen molar-refractivity contribution in [3.63, 3.8) is 0 Å². The molecule has 0 saturated heterocycles. The zero-order chi connectivity index (χ0) is 14.5. The smallest absolute Gasteiger partial charge is 0.176 e. The second-order valence-corrected chi connectivity index (χ2v) is 4.59. The lowest BCUT2D eigenvalue weighted by Gasteiger charge is -2.16. The number of nitrogens with zero attached hydrogens (tertiary/aromatic N) is 4. The average molecular weight is 281 g/mol. The van der Waals surface area contributed by atoms with Crippen LogP contribution in [0.4, 0.5) is 8.78 Å². The molecule has 0 bridgehead atoms. The Hall–Kier alpha value is -1.89. The quantitative estimate of drug-likeness (QED) is 0.866. The van der Waals surface area contributed by atoms with E-state index < -0.39 is 11.6 Å². The third-order valence-corrected chi connectivity index (χ3v) is 2.95. The normalized spacial score (nSPS) is 12.6. The number of rotatable bonds is 6. The molecule has 1 unspecified atom stereocenters. The third-order valence-electron chi connectivity index (χ3n) is 2.95. The Morgan fingerprint density at radius 3 is 2.70 bits per heavy atom. The first-order chi connectivity index (χ1) is 9.58. The monoisotopic (exact) mass is 281 g/mol. The van der Waals surface area contributed by atoms with E-state index in [1.54, 1.807) is 7.05 Å². The summed E-state index contributed by atoms with van der Waals surface area (Å²) in [6.45, 7) is 2.71. The second kappa shape index (κ2) is 6.51. The summed E-state index contributed by atoms with van der Waals surface area (Å²) in [7, 11) is 1.69. The minimum atomic E-state index is -0.568. The van der Waals surface area contributed by atoms with Crippen LogP contribution in [0.2, 0.25) is 0 Å². The van der Waals surface area contributed by atoms with Gasteiger partial charge in [-0.2, -0.15) is 4.80 Å². The molecule has 1 heterocycles. The largest absolute Gasteiger partial charge is 0.313 e. The molecule has 7 heteroatoms. The first kappa shape index (κ1) is 14.5. The first-order valence-electron chi connectivity index (χ1n) is 6.48. The molecule has 0 aliphatic carbocycles. The highest BCUT2D eigenvalue weighted by Crippen LogP contribution is 2.13. The second-order valence-electron chi connectivity index (χ2n) is 4.59. The van der Waals surface area contributed by atoms with E-state index in [4.69, 9.17) is 0 Å². The van der Waals surface area contributed by atoms with Gasteiger partial charge in [-0.05, 0) is 29.8 Å². The van der Waals surface area contributed by atoms with Crippen LogP contribution in [0.15, 0.2) is 18.2 Å². The van der Waals surface area contributed by atoms with E-state index in [-0.39, 0.29) is 6.04 Å². The molecule has 1 N–H and O–H groups in total. The summed E-state index contributed by atoms with van der Waals surface area (Å²) in [4.78, 5) is 1.39. The Morgan fingerprint density at radius 2 is 2.10 bits per heavy atom. The summed E-state index contributed by atoms with van der Waals surface area (Å²) in [6.07, 6.45) is 0.983. The molecule has 0 aliphatic rings. The number of aryl methyl sites for hydroxylation is 1. The minimum absolute atomic E-state index is 0.0239. The lowest BCUT2D eigenvalue weighted by atomic mass is 10.0. The lowest BCUT2D eigenvalue weighted by molar-refractivity contribution is 0.492. The van der Waals surface area contributed by atoms with Gasteiger partial charge in [0.1, 0.15) is 11.6 Å². The van der Waals surface area contributed by atoms with Crippen LogP contribution in [-0.2, 0) is 19.9 Å². The zero-order valence-electron chi connectivity index (χ0n) is 11.5. The zero-order valence-corrected chi connectivity index (χ0v) is 11.5. The summed E-state index contributed by atoms with van der Waals surface area (Å²) in [5.74, 6) is -0.497.